The summed E-state index contributed by atoms with van der Waals surface area (Å²) in [5.41, 5.74) is 1.55. The van der Waals surface area contributed by atoms with Crippen molar-refractivity contribution in [3.05, 3.63) is 59.5 Å². The minimum Gasteiger partial charge on any atom is -0.467 e. The molecule has 0 aliphatic carbocycles. The molecular weight excluding hydrogens is 344 g/mol. The molecule has 0 aliphatic rings. The molecule has 7 heteroatoms. The normalized spacial score (nSPS) is 12.5. The Morgan fingerprint density at radius 3 is 2.81 bits per heavy atom. The van der Waals surface area contributed by atoms with Gasteiger partial charge in [-0.1, -0.05) is 12.1 Å². The fourth-order valence-corrected chi connectivity index (χ4v) is 2.51. The molecule has 0 saturated carbocycles. The van der Waals surface area contributed by atoms with Crippen molar-refractivity contribution in [3.63, 3.8) is 0 Å². The Morgan fingerprint density at radius 1 is 1.26 bits per heavy atom. The van der Waals surface area contributed by atoms with Crippen LogP contribution in [0.2, 0.25) is 0 Å². The Bertz CT molecular complexity index is 729. The van der Waals surface area contributed by atoms with E-state index in [0.717, 1.165) is 23.8 Å². The van der Waals surface area contributed by atoms with Crippen LogP contribution in [0.15, 0.2) is 52.1 Å². The van der Waals surface area contributed by atoms with Gasteiger partial charge in [0.05, 0.1) is 26.0 Å². The van der Waals surface area contributed by atoms with Gasteiger partial charge < -0.3 is 25.1 Å². The average molecular weight is 372 g/mol. The highest BCUT2D eigenvalue weighted by Gasteiger charge is 2.08. The summed E-state index contributed by atoms with van der Waals surface area (Å²) in [7, 11) is 1.67. The van der Waals surface area contributed by atoms with Gasteiger partial charge in [0.25, 0.3) is 5.91 Å². The van der Waals surface area contributed by atoms with Gasteiger partial charge in [0.2, 0.25) is 0 Å². The summed E-state index contributed by atoms with van der Waals surface area (Å²) in [4.78, 5) is 16.9. The highest BCUT2D eigenvalue weighted by molar-refractivity contribution is 5.94. The summed E-state index contributed by atoms with van der Waals surface area (Å²) >= 11 is 0. The molecule has 146 valence electrons. The smallest absolute Gasteiger partial charge is 0.251 e. The summed E-state index contributed by atoms with van der Waals surface area (Å²) < 4.78 is 10.4. The Labute approximate surface area is 160 Å². The highest BCUT2D eigenvalue weighted by atomic mass is 16.5. The molecule has 1 aromatic heterocycles. The number of benzene rings is 1. The van der Waals surface area contributed by atoms with Crippen LogP contribution in [0.25, 0.3) is 0 Å². The lowest BCUT2D eigenvalue weighted by Crippen LogP contribution is -2.43. The lowest BCUT2D eigenvalue weighted by atomic mass is 10.1. The predicted octanol–water partition coefficient (Wildman–Crippen LogP) is 2.30. The fourth-order valence-electron chi connectivity index (χ4n) is 2.51. The Hall–Kier alpha value is -2.80. The van der Waals surface area contributed by atoms with E-state index in [0.29, 0.717) is 25.3 Å². The molecule has 2 aromatic rings. The zero-order chi connectivity index (χ0) is 19.5. The van der Waals surface area contributed by atoms with E-state index >= 15 is 0 Å². The minimum atomic E-state index is -0.143. The number of carbonyl (C=O) groups is 1. The van der Waals surface area contributed by atoms with Crippen LogP contribution in [0.3, 0.4) is 0 Å². The Morgan fingerprint density at radius 2 is 2.11 bits per heavy atom. The summed E-state index contributed by atoms with van der Waals surface area (Å²) in [6.45, 7) is 6.23. The standard InChI is InChI=1S/C20H28N4O3/c1-4-21-20(24-15(2)14-26-3)23-12-16-7-5-8-17(11-16)19(25)22-13-18-9-6-10-27-18/h5-11,15H,4,12-14H2,1-3H3,(H,22,25)(H2,21,23,24). The first-order chi connectivity index (χ1) is 13.1. The predicted molar refractivity (Wildman–Crippen MR) is 106 cm³/mol. The second-order valence-electron chi connectivity index (χ2n) is 6.16. The number of furan rings is 1. The van der Waals surface area contributed by atoms with E-state index in [1.165, 1.54) is 0 Å². The monoisotopic (exact) mass is 372 g/mol. The van der Waals surface area contributed by atoms with Crippen molar-refractivity contribution in [2.24, 2.45) is 4.99 Å². The van der Waals surface area contributed by atoms with Crippen molar-refractivity contribution >= 4 is 11.9 Å². The van der Waals surface area contributed by atoms with Gasteiger partial charge in [-0.15, -0.1) is 0 Å². The van der Waals surface area contributed by atoms with Crippen LogP contribution in [0.5, 0.6) is 0 Å². The van der Waals surface area contributed by atoms with Crippen molar-refractivity contribution < 1.29 is 13.9 Å². The topological polar surface area (TPSA) is 87.9 Å². The van der Waals surface area contributed by atoms with Gasteiger partial charge in [0.15, 0.2) is 5.96 Å². The van der Waals surface area contributed by atoms with Crippen molar-refractivity contribution in [3.8, 4) is 0 Å². The molecule has 27 heavy (non-hydrogen) atoms. The molecule has 1 heterocycles. The molecule has 1 atom stereocenters. The summed E-state index contributed by atoms with van der Waals surface area (Å²) in [5, 5.41) is 9.34. The van der Waals surface area contributed by atoms with E-state index < -0.39 is 0 Å². The molecule has 1 amide bonds. The number of guanidine groups is 1. The number of hydrogen-bond acceptors (Lipinski definition) is 4. The van der Waals surface area contributed by atoms with E-state index in [1.807, 2.05) is 38.1 Å². The molecule has 2 rings (SSSR count). The highest BCUT2D eigenvalue weighted by Crippen LogP contribution is 2.08. The summed E-state index contributed by atoms with van der Waals surface area (Å²) in [6, 6.07) is 11.2. The van der Waals surface area contributed by atoms with Crippen LogP contribution in [0, 0.1) is 0 Å². The van der Waals surface area contributed by atoms with Crippen LogP contribution in [0.4, 0.5) is 0 Å². The molecule has 0 bridgehead atoms. The molecule has 7 nitrogen and oxygen atoms in total. The van der Waals surface area contributed by atoms with Gasteiger partial charge in [-0.2, -0.15) is 0 Å². The van der Waals surface area contributed by atoms with Gasteiger partial charge in [-0.05, 0) is 43.7 Å². The molecule has 0 saturated heterocycles. The number of ether oxygens (including phenoxy) is 1. The van der Waals surface area contributed by atoms with Gasteiger partial charge in [-0.25, -0.2) is 4.99 Å². The molecule has 0 aliphatic heterocycles. The minimum absolute atomic E-state index is 0.143. The van der Waals surface area contributed by atoms with E-state index in [-0.39, 0.29) is 11.9 Å². The Balaban J connectivity index is 1.97. The van der Waals surface area contributed by atoms with Crippen molar-refractivity contribution in [2.75, 3.05) is 20.3 Å². The first kappa shape index (κ1) is 20.5. The number of aliphatic imine (C=N–C) groups is 1. The van der Waals surface area contributed by atoms with E-state index in [1.54, 1.807) is 25.5 Å². The Kier molecular flexibility index (Phi) is 8.38. The van der Waals surface area contributed by atoms with E-state index in [4.69, 9.17) is 9.15 Å². The molecule has 0 fully saturated rings. The second kappa shape index (κ2) is 11.0. The van der Waals surface area contributed by atoms with Gasteiger partial charge in [-0.3, -0.25) is 4.79 Å². The third-order valence-electron chi connectivity index (χ3n) is 3.76. The number of methoxy groups -OCH3 is 1. The fraction of sp³-hybridized carbons (Fsp3) is 0.400. The van der Waals surface area contributed by atoms with Crippen molar-refractivity contribution in [1.82, 2.24) is 16.0 Å². The number of nitrogens with one attached hydrogen (secondary N) is 3. The number of amides is 1. The molecule has 1 aromatic carbocycles. The average Bonchev–Trinajstić information content (AvgIpc) is 3.18. The molecule has 1 unspecified atom stereocenters. The molecular formula is C20H28N4O3. The first-order valence-electron chi connectivity index (χ1n) is 9.05. The number of carbonyl (C=O) groups excluding carboxylic acids is 1. The van der Waals surface area contributed by atoms with Crippen LogP contribution in [0.1, 0.15) is 35.5 Å². The van der Waals surface area contributed by atoms with Crippen LogP contribution >= 0.6 is 0 Å². The van der Waals surface area contributed by atoms with Gasteiger partial charge in [0, 0.05) is 25.3 Å². The van der Waals surface area contributed by atoms with Crippen molar-refractivity contribution in [1.29, 1.82) is 0 Å². The summed E-state index contributed by atoms with van der Waals surface area (Å²) in [5.74, 6) is 1.29. The van der Waals surface area contributed by atoms with E-state index in [9.17, 15) is 4.79 Å². The number of rotatable bonds is 9. The van der Waals surface area contributed by atoms with Crippen LogP contribution < -0.4 is 16.0 Å². The quantitative estimate of drug-likeness (QED) is 0.464. The lowest BCUT2D eigenvalue weighted by molar-refractivity contribution is 0.0948. The van der Waals surface area contributed by atoms with Gasteiger partial charge >= 0.3 is 0 Å². The SMILES string of the molecule is CCNC(=NCc1cccc(C(=O)NCc2ccco2)c1)NC(C)COC. The summed E-state index contributed by atoms with van der Waals surface area (Å²) in [6.07, 6.45) is 1.59. The third-order valence-corrected chi connectivity index (χ3v) is 3.76. The number of hydrogen-bond donors (Lipinski definition) is 3. The maximum atomic E-state index is 12.3. The van der Waals surface area contributed by atoms with Crippen LogP contribution in [-0.2, 0) is 17.8 Å². The number of nitrogens with zero attached hydrogens (tertiary/aromatic N) is 1. The first-order valence-corrected chi connectivity index (χ1v) is 9.05. The van der Waals surface area contributed by atoms with Crippen LogP contribution in [-0.4, -0.2) is 38.2 Å². The largest absolute Gasteiger partial charge is 0.467 e. The molecule has 0 radical (unpaired) electrons. The van der Waals surface area contributed by atoms with Crippen molar-refractivity contribution in [2.45, 2.75) is 33.0 Å². The molecule has 3 N–H and O–H groups in total. The zero-order valence-electron chi connectivity index (χ0n) is 16.1. The maximum Gasteiger partial charge on any atom is 0.251 e. The van der Waals surface area contributed by atoms with Gasteiger partial charge in [0.1, 0.15) is 5.76 Å². The third kappa shape index (κ3) is 7.15. The lowest BCUT2D eigenvalue weighted by Gasteiger charge is -2.17. The second-order valence-corrected chi connectivity index (χ2v) is 6.16. The van der Waals surface area contributed by atoms with E-state index in [2.05, 4.69) is 20.9 Å². The zero-order valence-corrected chi connectivity index (χ0v) is 16.1. The molecule has 0 spiro atoms. The maximum absolute atomic E-state index is 12.3.